The van der Waals surface area contributed by atoms with Gasteiger partial charge >= 0.3 is 0 Å². The molecule has 0 saturated carbocycles. The molecule has 0 amide bonds. The smallest absolute Gasteiger partial charge is 0.174 e. The summed E-state index contributed by atoms with van der Waals surface area (Å²) in [5, 5.41) is 13.4. The van der Waals surface area contributed by atoms with Crippen LogP contribution in [0.4, 0.5) is 14.5 Å². The number of halogens is 2. The van der Waals surface area contributed by atoms with Crippen LogP contribution < -0.4 is 11.1 Å². The molecule has 15 rings (SSSR count). The van der Waals surface area contributed by atoms with Crippen LogP contribution in [-0.4, -0.2) is 307 Å². The van der Waals surface area contributed by atoms with Crippen molar-refractivity contribution < 1.29 is 102 Å². The van der Waals surface area contributed by atoms with E-state index >= 15 is 0 Å². The van der Waals surface area contributed by atoms with Gasteiger partial charge in [0.05, 0.1) is 111 Å². The number of aromatic nitrogens is 19. The monoisotopic (exact) mass is 1510 g/mol. The molecule has 0 aliphatic carbocycles. The second-order valence-electron chi connectivity index (χ2n) is 24.5. The van der Waals surface area contributed by atoms with Gasteiger partial charge in [0.25, 0.3) is 0 Å². The van der Waals surface area contributed by atoms with Crippen LogP contribution in [0.1, 0.15) is 66.3 Å². The standard InChI is InChI=1S/2C14H20N4O4.C13H18FN5O2.C13H17FN4O3.C13H18N4O4/c1-8-10-13(16-6-15-8)18(7-17-10)14-12(21-4)11(20-3)9(22-14)5-19-2;1-19-6-9-11(20-2)12(21-3)14(22-9)18-7-17-10-8(15)4-5-16-13(10)18;1-7-10-12(17-5-16-7)19(6-18-10)13-9(14)11(15-2)8(21-13)4-20-3;1-7-10-12(16-5-15-7)18(6-17-10)13-9(14)11(20-3)8(21-13)4-19-2;1-7-9-12(15-5-14-7)17(6-16-9)13-10(18)11(20-3)8(21-13)4-19-2/h6-7,9,11-12,14H,5H2,1-4H3;4-5,7,9,11-12,14H,6H2,1-3H3,(H2,15,16);5-6,8-9,11,13,15H,4H2,1-3H3;5-6,8-9,11,13H,4H2,1-3H3;5-6,8,10-11,13,18H,4H2,1-3H3/t9-,11-,12-,14-;9-,11?,12?,14-;2*8-,9-,11-,13-;8-,10+,11-,13-/m11111/s1/i4D3,5D2;6D2;;4D2;. The lowest BCUT2D eigenvalue weighted by molar-refractivity contribution is -0.0636. The molecule has 4 N–H and O–H groups in total. The fraction of sp³-hybridized carbons (Fsp3) is 0.612. The van der Waals surface area contributed by atoms with E-state index in [2.05, 4.69) is 75.1 Å². The molecule has 0 radical (unpaired) electrons. The van der Waals surface area contributed by atoms with Crippen molar-refractivity contribution in [2.24, 2.45) is 0 Å². The first-order chi connectivity index (χ1) is 55.3. The van der Waals surface area contributed by atoms with Gasteiger partial charge in [-0.3, -0.25) is 22.8 Å². The normalized spacial score (nSPS) is 30.8. The Hall–Kier alpha value is -8.24. The second-order valence-corrected chi connectivity index (χ2v) is 24.5. The van der Waals surface area contributed by atoms with Crippen molar-refractivity contribution >= 4 is 61.5 Å². The first-order valence-electron chi connectivity index (χ1n) is 37.8. The van der Waals surface area contributed by atoms with Crippen LogP contribution in [0.2, 0.25) is 0 Å². The minimum absolute atomic E-state index is 0.322. The van der Waals surface area contributed by atoms with E-state index in [1.807, 2.05) is 13.8 Å². The lowest BCUT2D eigenvalue weighted by Gasteiger charge is -2.21. The number of rotatable bonds is 22. The highest BCUT2D eigenvalue weighted by Crippen LogP contribution is 2.40. The predicted octanol–water partition coefficient (Wildman–Crippen LogP) is 2.99. The average Bonchev–Trinajstić information content (AvgIpc) is 1.69. The molecule has 10 aromatic heterocycles. The van der Waals surface area contributed by atoms with E-state index in [1.165, 1.54) is 96.9 Å². The van der Waals surface area contributed by atoms with Gasteiger partial charge < -0.3 is 91.9 Å². The summed E-state index contributed by atoms with van der Waals surface area (Å²) in [6.45, 7) is 1.41. The van der Waals surface area contributed by atoms with Gasteiger partial charge in [-0.25, -0.2) is 78.6 Å². The van der Waals surface area contributed by atoms with Gasteiger partial charge in [-0.15, -0.1) is 0 Å². The lowest BCUT2D eigenvalue weighted by Crippen LogP contribution is -2.42. The molecule has 0 bridgehead atoms. The Labute approximate surface area is 626 Å². The number of anilines is 1. The molecule has 582 valence electrons. The van der Waals surface area contributed by atoms with Crippen LogP contribution in [0.5, 0.6) is 0 Å². The van der Waals surface area contributed by atoms with Gasteiger partial charge in [0.1, 0.15) is 126 Å². The van der Waals surface area contributed by atoms with Crippen molar-refractivity contribution in [2.75, 3.05) is 124 Å². The van der Waals surface area contributed by atoms with Crippen LogP contribution in [0, 0.1) is 27.7 Å². The zero-order valence-corrected chi connectivity index (χ0v) is 61.1. The molecular formula is C67H93F2N21O17. The van der Waals surface area contributed by atoms with E-state index in [0.717, 1.165) is 11.4 Å². The SMILES string of the molecule is CN[C@H]1[C@@H](F)[C@H](n2cnc3c(C)ncnc32)O[C@@H]1COC.COC[C@H]1O[C@@H](n2cnc3c(C)ncnc32)[C@@H](O)[C@@H]1OC.[2H]C([2H])(OC)[C@H]1O[C@@H](n2cnc3c(C)ncnc32)[C@H](F)[C@@H]1OC.[2H]C([2H])(OC)[C@H]1O[C@@H](n2cnc3c(N)ccnc32)C(OC)C1OC.[2H]C([2H])([2H])O[C@@H]1[C@H](OC)[C@@H](C([2H])([2H])OC)O[C@H]1n1cnc2c(C)ncnc21. The van der Waals surface area contributed by atoms with Crippen LogP contribution in [0.3, 0.4) is 0 Å². The number of pyridine rings is 1. The Morgan fingerprint density at radius 1 is 0.421 bits per heavy atom. The number of aliphatic hydroxyl groups is 1. The first-order valence-corrected chi connectivity index (χ1v) is 33.3. The minimum atomic E-state index is -2.75. The number of imidazole rings is 5. The third-order valence-electron chi connectivity index (χ3n) is 18.4. The molecule has 0 spiro atoms. The molecule has 15 heterocycles. The number of aliphatic hydroxyl groups excluding tert-OH is 1. The van der Waals surface area contributed by atoms with E-state index in [9.17, 15) is 13.9 Å². The lowest BCUT2D eigenvalue weighted by atomic mass is 10.1. The molecule has 38 nitrogen and oxygen atoms in total. The highest BCUT2D eigenvalue weighted by Gasteiger charge is 2.51. The Bertz CT molecular complexity index is 4800. The van der Waals surface area contributed by atoms with Crippen molar-refractivity contribution in [1.29, 1.82) is 0 Å². The minimum Gasteiger partial charge on any atom is -0.397 e. The molecule has 5 aliphatic rings. The van der Waals surface area contributed by atoms with Crippen molar-refractivity contribution in [2.45, 2.75) is 150 Å². The van der Waals surface area contributed by atoms with E-state index in [1.54, 1.807) is 87.2 Å². The molecule has 5 fully saturated rings. The van der Waals surface area contributed by atoms with Gasteiger partial charge in [0.15, 0.2) is 71.7 Å². The summed E-state index contributed by atoms with van der Waals surface area (Å²) in [5.41, 5.74) is 14.7. The summed E-state index contributed by atoms with van der Waals surface area (Å²) in [4.78, 5) is 58.6. The zero-order chi connectivity index (χ0) is 84.2. The molecule has 10 aromatic rings. The number of nitrogen functional groups attached to an aromatic ring is 1. The quantitative estimate of drug-likeness (QED) is 0.0878. The Morgan fingerprint density at radius 2 is 0.766 bits per heavy atom. The summed E-state index contributed by atoms with van der Waals surface area (Å²) in [7, 11) is 12.9. The molecule has 40 heteroatoms. The number of nitrogens with two attached hydrogens (primary N) is 1. The van der Waals surface area contributed by atoms with Crippen LogP contribution in [0.25, 0.3) is 55.8 Å². The van der Waals surface area contributed by atoms with Gasteiger partial charge in [-0.05, 0) is 40.8 Å². The maximum absolute atomic E-state index is 14.8. The number of methoxy groups -OCH3 is 11. The molecule has 5 aliphatic heterocycles. The Morgan fingerprint density at radius 3 is 1.17 bits per heavy atom. The summed E-state index contributed by atoms with van der Waals surface area (Å²) in [5.74, 6) is 0. The fourth-order valence-corrected chi connectivity index (χ4v) is 13.2. The summed E-state index contributed by atoms with van der Waals surface area (Å²) in [6.07, 6.45) is -2.39. The van der Waals surface area contributed by atoms with E-state index < -0.39 is 137 Å². The number of fused-ring (bicyclic) bond motifs is 5. The topological polar surface area (TPSA) is 411 Å². The van der Waals surface area contributed by atoms with Crippen molar-refractivity contribution in [3.05, 3.63) is 92.0 Å². The van der Waals surface area contributed by atoms with Crippen molar-refractivity contribution in [3.8, 4) is 0 Å². The van der Waals surface area contributed by atoms with Gasteiger partial charge in [-0.1, -0.05) is 0 Å². The summed E-state index contributed by atoms with van der Waals surface area (Å²) >= 11 is 0. The van der Waals surface area contributed by atoms with E-state index in [4.69, 9.17) is 93.9 Å². The molecular weight excluding hydrogens is 1410 g/mol. The van der Waals surface area contributed by atoms with Crippen molar-refractivity contribution in [3.63, 3.8) is 0 Å². The largest absolute Gasteiger partial charge is 0.397 e. The van der Waals surface area contributed by atoms with Gasteiger partial charge in [-0.2, -0.15) is 0 Å². The van der Waals surface area contributed by atoms with Crippen LogP contribution in [0.15, 0.2) is 69.2 Å². The fourth-order valence-electron chi connectivity index (χ4n) is 13.2. The predicted molar refractivity (Wildman–Crippen MR) is 375 cm³/mol. The van der Waals surface area contributed by atoms with E-state index in [0.29, 0.717) is 86.1 Å². The molecule has 0 aromatic carbocycles. The number of likely N-dealkylation sites (N-methyl/N-ethyl adjacent to an activating group) is 1. The highest BCUT2D eigenvalue weighted by molar-refractivity contribution is 5.84. The Kier molecular flexibility index (Phi) is 23.1. The zero-order valence-electron chi connectivity index (χ0n) is 70.1. The maximum Gasteiger partial charge on any atom is 0.174 e. The Balaban J connectivity index is 0.000000143. The molecule has 5 saturated heterocycles. The summed E-state index contributed by atoms with van der Waals surface area (Å²) < 4.78 is 193. The average molecular weight is 1510 g/mol. The third kappa shape index (κ3) is 16.1. The van der Waals surface area contributed by atoms with E-state index in [-0.39, 0.29) is 12.2 Å². The summed E-state index contributed by atoms with van der Waals surface area (Å²) in [6, 6.07) is 1.23. The first kappa shape index (κ1) is 68.1. The second kappa shape index (κ2) is 36.3. The maximum atomic E-state index is 14.8. The number of alkyl halides is 2. The molecule has 2 unspecified atom stereocenters. The number of hydrogen-bond donors (Lipinski definition) is 3. The highest BCUT2D eigenvalue weighted by atomic mass is 19.1. The number of nitrogens with one attached hydrogen (secondary N) is 1. The van der Waals surface area contributed by atoms with Crippen LogP contribution in [-0.2, 0) is 75.8 Å². The third-order valence-corrected chi connectivity index (χ3v) is 18.4. The van der Waals surface area contributed by atoms with Crippen LogP contribution >= 0.6 is 0 Å². The van der Waals surface area contributed by atoms with Gasteiger partial charge in [0, 0.05) is 84.3 Å². The van der Waals surface area contributed by atoms with Crippen molar-refractivity contribution in [1.82, 2.24) is 97.9 Å². The molecule has 20 atom stereocenters. The number of hydrogen-bond acceptors (Lipinski definition) is 33. The molecule has 107 heavy (non-hydrogen) atoms. The van der Waals surface area contributed by atoms with Gasteiger partial charge in [0.2, 0.25) is 0 Å². The number of ether oxygens (including phenoxy) is 16. The number of nitrogens with zero attached hydrogens (tertiary/aromatic N) is 19. The number of aryl methyl sites for hydroxylation is 4.